The molecule has 2 aliphatic heterocycles. The Hall–Kier alpha value is -4.74. The molecule has 4 heterocycles. The Balaban J connectivity index is 1.28. The van der Waals surface area contributed by atoms with Crippen LogP contribution < -0.4 is 31.1 Å². The smallest absolute Gasteiger partial charge is 0.319 e. The fourth-order valence-corrected chi connectivity index (χ4v) is 4.50. The molecule has 5 rings (SSSR count). The van der Waals surface area contributed by atoms with Gasteiger partial charge in [-0.3, -0.25) is 14.6 Å². The lowest BCUT2D eigenvalue weighted by molar-refractivity contribution is 0.102. The number of pyridine rings is 2. The van der Waals surface area contributed by atoms with Gasteiger partial charge in [0.05, 0.1) is 23.8 Å². The largest absolute Gasteiger partial charge is 0.487 e. The second-order valence-corrected chi connectivity index (χ2v) is 9.21. The molecule has 12 heteroatoms. The highest BCUT2D eigenvalue weighted by Gasteiger charge is 2.23. The van der Waals surface area contributed by atoms with Gasteiger partial charge in [0.2, 0.25) is 0 Å². The van der Waals surface area contributed by atoms with Gasteiger partial charge in [0.25, 0.3) is 11.5 Å². The van der Waals surface area contributed by atoms with E-state index in [0.29, 0.717) is 49.1 Å². The minimum Gasteiger partial charge on any atom is -0.487 e. The molecule has 0 unspecified atom stereocenters. The molecule has 0 saturated carbocycles. The molecule has 1 aromatic carbocycles. The van der Waals surface area contributed by atoms with Crippen LogP contribution >= 0.6 is 0 Å². The van der Waals surface area contributed by atoms with Crippen LogP contribution in [0.1, 0.15) is 10.4 Å². The lowest BCUT2D eigenvalue weighted by Gasteiger charge is -2.37. The van der Waals surface area contributed by atoms with Gasteiger partial charge in [-0.1, -0.05) is 0 Å². The van der Waals surface area contributed by atoms with Crippen LogP contribution in [0.3, 0.4) is 0 Å². The third-order valence-electron chi connectivity index (χ3n) is 6.44. The summed E-state index contributed by atoms with van der Waals surface area (Å²) in [5, 5.41) is 9.16. The molecule has 198 valence electrons. The van der Waals surface area contributed by atoms with Crippen molar-refractivity contribution in [2.45, 2.75) is 0 Å². The number of amides is 3. The molecule has 1 saturated heterocycles. The molecule has 0 radical (unpaired) electrons. The summed E-state index contributed by atoms with van der Waals surface area (Å²) >= 11 is 0. The molecular weight excluding hydrogens is 488 g/mol. The molecule has 4 N–H and O–H groups in total. The van der Waals surface area contributed by atoms with Gasteiger partial charge in [0, 0.05) is 64.4 Å². The highest BCUT2D eigenvalue weighted by atomic mass is 16.5. The lowest BCUT2D eigenvalue weighted by atomic mass is 10.2. The summed E-state index contributed by atoms with van der Waals surface area (Å²) in [5.74, 6) is 0.0371. The third kappa shape index (κ3) is 5.19. The Kier molecular flexibility index (Phi) is 7.03. The predicted molar refractivity (Wildman–Crippen MR) is 146 cm³/mol. The zero-order chi connectivity index (χ0) is 26.6. The number of rotatable bonds is 5. The number of nitrogens with zero attached hydrogens (tertiary/aromatic N) is 4. The first kappa shape index (κ1) is 24.9. The lowest BCUT2D eigenvalue weighted by Crippen LogP contribution is -2.51. The number of aromatic amines is 1. The number of benzene rings is 1. The second-order valence-electron chi connectivity index (χ2n) is 9.21. The summed E-state index contributed by atoms with van der Waals surface area (Å²) < 4.78 is 5.77. The molecule has 12 nitrogen and oxygen atoms in total. The zero-order valence-corrected chi connectivity index (χ0v) is 21.3. The maximum Gasteiger partial charge on any atom is 0.319 e. The van der Waals surface area contributed by atoms with Crippen molar-refractivity contribution < 1.29 is 14.3 Å². The van der Waals surface area contributed by atoms with Crippen molar-refractivity contribution in [3.05, 3.63) is 64.8 Å². The number of nitrogens with one attached hydrogen (secondary N) is 4. The average Bonchev–Trinajstić information content (AvgIpc) is 2.93. The number of ether oxygens (including phenoxy) is 1. The first-order valence-corrected chi connectivity index (χ1v) is 12.4. The number of hydrogen-bond acceptors (Lipinski definition) is 8. The van der Waals surface area contributed by atoms with Crippen LogP contribution in [0.15, 0.2) is 53.7 Å². The van der Waals surface area contributed by atoms with E-state index in [1.165, 1.54) is 6.20 Å². The quantitative estimate of drug-likeness (QED) is 0.404. The number of urea groups is 1. The molecule has 3 aromatic rings. The Morgan fingerprint density at radius 2 is 1.79 bits per heavy atom. The minimum absolute atomic E-state index is 0.0140. The van der Waals surface area contributed by atoms with E-state index >= 15 is 0 Å². The summed E-state index contributed by atoms with van der Waals surface area (Å²) in [6.07, 6.45) is 4.73. The van der Waals surface area contributed by atoms with E-state index in [0.717, 1.165) is 24.5 Å². The maximum atomic E-state index is 13.2. The fraction of sp³-hybridized carbons (Fsp3) is 0.308. The van der Waals surface area contributed by atoms with E-state index in [2.05, 4.69) is 30.8 Å². The Morgan fingerprint density at radius 1 is 1.03 bits per heavy atom. The number of carbonyl (C=O) groups excluding carboxylic acids is 2. The van der Waals surface area contributed by atoms with Crippen molar-refractivity contribution in [3.8, 4) is 5.75 Å². The summed E-state index contributed by atoms with van der Waals surface area (Å²) in [5.41, 5.74) is 2.59. The first-order valence-electron chi connectivity index (χ1n) is 12.4. The molecule has 0 atom stereocenters. The number of carbonyl (C=O) groups is 2. The van der Waals surface area contributed by atoms with Crippen molar-refractivity contribution in [2.75, 3.05) is 74.3 Å². The monoisotopic (exact) mass is 518 g/mol. The van der Waals surface area contributed by atoms with Crippen molar-refractivity contribution >= 4 is 40.4 Å². The van der Waals surface area contributed by atoms with E-state index in [4.69, 9.17) is 4.74 Å². The second kappa shape index (κ2) is 10.7. The summed E-state index contributed by atoms with van der Waals surface area (Å²) in [7, 11) is 3.50. The van der Waals surface area contributed by atoms with E-state index in [-0.39, 0.29) is 11.6 Å². The van der Waals surface area contributed by atoms with E-state index in [1.54, 1.807) is 49.6 Å². The molecule has 3 amide bonds. The van der Waals surface area contributed by atoms with Crippen LogP contribution in [0.25, 0.3) is 0 Å². The van der Waals surface area contributed by atoms with Crippen molar-refractivity contribution in [1.29, 1.82) is 0 Å². The summed E-state index contributed by atoms with van der Waals surface area (Å²) in [6, 6.07) is 9.06. The maximum absolute atomic E-state index is 13.2. The minimum atomic E-state index is -0.547. The molecule has 1 fully saturated rings. The SMILES string of the molecule is CN(C)C(=O)N1CCN(c2ccc(NC(=O)c3c(Nc4cncc5c4OCCN5)cc[nH]c3=O)cc2)CC1. The van der Waals surface area contributed by atoms with Crippen molar-refractivity contribution in [2.24, 2.45) is 0 Å². The van der Waals surface area contributed by atoms with Gasteiger partial charge in [-0.05, 0) is 30.3 Å². The van der Waals surface area contributed by atoms with Crippen molar-refractivity contribution in [3.63, 3.8) is 0 Å². The topological polar surface area (TPSA) is 135 Å². The number of fused-ring (bicyclic) bond motifs is 1. The van der Waals surface area contributed by atoms with E-state index in [1.807, 2.05) is 17.0 Å². The van der Waals surface area contributed by atoms with Crippen LogP contribution in [0.2, 0.25) is 0 Å². The van der Waals surface area contributed by atoms with Gasteiger partial charge in [-0.25, -0.2) is 4.79 Å². The molecular formula is C26H30N8O4. The average molecular weight is 519 g/mol. The highest BCUT2D eigenvalue weighted by Crippen LogP contribution is 2.36. The van der Waals surface area contributed by atoms with Gasteiger partial charge in [-0.15, -0.1) is 0 Å². The Labute approximate surface area is 219 Å². The van der Waals surface area contributed by atoms with Gasteiger partial charge in [-0.2, -0.15) is 0 Å². The Bertz CT molecular complexity index is 1380. The summed E-state index contributed by atoms with van der Waals surface area (Å²) in [6.45, 7) is 3.89. The van der Waals surface area contributed by atoms with Gasteiger partial charge in [0.15, 0.2) is 5.75 Å². The van der Waals surface area contributed by atoms with Crippen LogP contribution in [0.5, 0.6) is 5.75 Å². The van der Waals surface area contributed by atoms with Crippen molar-refractivity contribution in [1.82, 2.24) is 19.8 Å². The Morgan fingerprint density at radius 3 is 2.53 bits per heavy atom. The molecule has 0 bridgehead atoms. The predicted octanol–water partition coefficient (Wildman–Crippen LogP) is 2.37. The normalized spacial score (nSPS) is 14.6. The highest BCUT2D eigenvalue weighted by molar-refractivity contribution is 6.08. The zero-order valence-electron chi connectivity index (χ0n) is 21.3. The van der Waals surface area contributed by atoms with E-state index in [9.17, 15) is 14.4 Å². The molecule has 2 aromatic heterocycles. The molecule has 2 aliphatic rings. The fourth-order valence-electron chi connectivity index (χ4n) is 4.50. The molecule has 0 spiro atoms. The van der Waals surface area contributed by atoms with Crippen LogP contribution in [0, 0.1) is 0 Å². The first-order chi connectivity index (χ1) is 18.4. The standard InChI is InChI=1S/C26H30N8O4/c1-32(2)26(37)34-12-10-33(11-13-34)18-5-3-17(4-6-18)30-25(36)22-19(7-8-29-24(22)35)31-21-16-27-15-20-23(21)38-14-9-28-20/h3-8,15-16,28H,9-14H2,1-2H3,(H,30,36)(H2,29,31,35). The number of hydrogen-bond donors (Lipinski definition) is 4. The van der Waals surface area contributed by atoms with Crippen LogP contribution in [0.4, 0.5) is 33.2 Å². The van der Waals surface area contributed by atoms with Gasteiger partial charge in [0.1, 0.15) is 17.9 Å². The van der Waals surface area contributed by atoms with Gasteiger partial charge >= 0.3 is 6.03 Å². The number of aromatic nitrogens is 2. The van der Waals surface area contributed by atoms with Crippen LogP contribution in [-0.2, 0) is 0 Å². The molecule has 38 heavy (non-hydrogen) atoms. The van der Waals surface area contributed by atoms with Gasteiger partial charge < -0.3 is 40.4 Å². The molecule has 0 aliphatic carbocycles. The number of piperazine rings is 1. The number of H-pyrrole nitrogens is 1. The third-order valence-corrected chi connectivity index (χ3v) is 6.44. The number of anilines is 5. The van der Waals surface area contributed by atoms with Crippen LogP contribution in [-0.4, -0.2) is 85.1 Å². The van der Waals surface area contributed by atoms with E-state index < -0.39 is 11.5 Å². The summed E-state index contributed by atoms with van der Waals surface area (Å²) in [4.78, 5) is 50.4.